The Balaban J connectivity index is 1.65. The Hall–Kier alpha value is -3.80. The molecule has 6 nitrogen and oxygen atoms in total. The zero-order chi connectivity index (χ0) is 21.3. The molecule has 0 fully saturated rings. The fourth-order valence-electron chi connectivity index (χ4n) is 2.78. The van der Waals surface area contributed by atoms with Crippen molar-refractivity contribution in [3.05, 3.63) is 84.4 Å². The van der Waals surface area contributed by atoms with E-state index in [1.165, 1.54) is 0 Å². The van der Waals surface area contributed by atoms with Gasteiger partial charge < -0.3 is 20.1 Å². The fourth-order valence-corrected chi connectivity index (χ4v) is 2.78. The molecular weight excluding hydrogens is 380 g/mol. The molecule has 6 heteroatoms. The lowest BCUT2D eigenvalue weighted by atomic mass is 10.1. The van der Waals surface area contributed by atoms with Crippen molar-refractivity contribution in [2.75, 3.05) is 17.2 Å². The molecule has 2 amide bonds. The molecule has 3 aromatic carbocycles. The highest BCUT2D eigenvalue weighted by molar-refractivity contribution is 6.06. The van der Waals surface area contributed by atoms with Gasteiger partial charge in [-0.1, -0.05) is 36.4 Å². The number of ether oxygens (including phenoxy) is 2. The highest BCUT2D eigenvalue weighted by atomic mass is 16.5. The standard InChI is InChI=1S/C24H24N2O4/c1-3-29-22-15-8-7-14-21(22)26-24(28)18-10-9-11-19(16-18)25-23(27)17(2)30-20-12-5-4-6-13-20/h4-17H,3H2,1-2H3,(H,25,27)(H,26,28)/t17-/m1/s1. The van der Waals surface area contributed by atoms with E-state index in [1.807, 2.05) is 37.3 Å². The lowest BCUT2D eigenvalue weighted by molar-refractivity contribution is -0.122. The molecule has 30 heavy (non-hydrogen) atoms. The van der Waals surface area contributed by atoms with E-state index < -0.39 is 6.10 Å². The van der Waals surface area contributed by atoms with Gasteiger partial charge in [-0.25, -0.2) is 0 Å². The first kappa shape index (κ1) is 20.9. The summed E-state index contributed by atoms with van der Waals surface area (Å²) in [7, 11) is 0. The Labute approximate surface area is 175 Å². The molecule has 0 saturated heterocycles. The van der Waals surface area contributed by atoms with E-state index in [-0.39, 0.29) is 11.8 Å². The third kappa shape index (κ3) is 5.61. The summed E-state index contributed by atoms with van der Waals surface area (Å²) in [5.74, 6) is 0.607. The molecule has 0 aliphatic rings. The normalized spacial score (nSPS) is 11.3. The zero-order valence-electron chi connectivity index (χ0n) is 16.9. The number of amides is 2. The molecule has 0 bridgehead atoms. The van der Waals surface area contributed by atoms with E-state index in [4.69, 9.17) is 9.47 Å². The van der Waals surface area contributed by atoms with Crippen molar-refractivity contribution in [1.82, 2.24) is 0 Å². The van der Waals surface area contributed by atoms with Crippen LogP contribution < -0.4 is 20.1 Å². The minimum absolute atomic E-state index is 0.299. The van der Waals surface area contributed by atoms with Crippen molar-refractivity contribution in [3.8, 4) is 11.5 Å². The molecule has 1 atom stereocenters. The molecule has 0 aliphatic carbocycles. The van der Waals surface area contributed by atoms with E-state index in [0.717, 1.165) is 0 Å². The summed E-state index contributed by atoms with van der Waals surface area (Å²) in [5.41, 5.74) is 1.51. The molecule has 0 saturated carbocycles. The second-order valence-corrected chi connectivity index (χ2v) is 6.53. The van der Waals surface area contributed by atoms with E-state index in [9.17, 15) is 9.59 Å². The van der Waals surface area contributed by atoms with E-state index in [2.05, 4.69) is 10.6 Å². The van der Waals surface area contributed by atoms with E-state index >= 15 is 0 Å². The van der Waals surface area contributed by atoms with Crippen LogP contribution in [0.25, 0.3) is 0 Å². The summed E-state index contributed by atoms with van der Waals surface area (Å²) in [6, 6.07) is 23.1. The summed E-state index contributed by atoms with van der Waals surface area (Å²) in [6.45, 7) is 4.05. The number of carbonyl (C=O) groups excluding carboxylic acids is 2. The lowest BCUT2D eigenvalue weighted by Gasteiger charge is -2.15. The van der Waals surface area contributed by atoms with Gasteiger partial charge in [-0.2, -0.15) is 0 Å². The smallest absolute Gasteiger partial charge is 0.265 e. The summed E-state index contributed by atoms with van der Waals surface area (Å²) in [4.78, 5) is 25.1. The van der Waals surface area contributed by atoms with E-state index in [0.29, 0.717) is 35.0 Å². The Morgan fingerprint density at radius 2 is 1.63 bits per heavy atom. The van der Waals surface area contributed by atoms with Crippen molar-refractivity contribution in [3.63, 3.8) is 0 Å². The van der Waals surface area contributed by atoms with Gasteiger partial charge in [0.25, 0.3) is 11.8 Å². The van der Waals surface area contributed by atoms with Gasteiger partial charge in [0.2, 0.25) is 0 Å². The Morgan fingerprint density at radius 1 is 0.900 bits per heavy atom. The number of para-hydroxylation sites is 3. The number of rotatable bonds is 8. The Bertz CT molecular complexity index is 1000. The molecule has 3 rings (SSSR count). The summed E-state index contributed by atoms with van der Waals surface area (Å²) in [6.07, 6.45) is -0.692. The maximum atomic E-state index is 12.7. The molecular formula is C24H24N2O4. The number of nitrogens with one attached hydrogen (secondary N) is 2. The number of carbonyl (C=O) groups is 2. The van der Waals surface area contributed by atoms with Crippen molar-refractivity contribution >= 4 is 23.2 Å². The van der Waals surface area contributed by atoms with Crippen LogP contribution in [-0.4, -0.2) is 24.5 Å². The first-order valence-corrected chi connectivity index (χ1v) is 9.72. The Morgan fingerprint density at radius 3 is 2.40 bits per heavy atom. The third-order valence-corrected chi connectivity index (χ3v) is 4.25. The van der Waals surface area contributed by atoms with Gasteiger partial charge in [-0.05, 0) is 56.3 Å². The van der Waals surface area contributed by atoms with Crippen LogP contribution in [-0.2, 0) is 4.79 Å². The molecule has 0 spiro atoms. The maximum Gasteiger partial charge on any atom is 0.265 e. The lowest BCUT2D eigenvalue weighted by Crippen LogP contribution is -2.30. The predicted molar refractivity (Wildman–Crippen MR) is 117 cm³/mol. The number of benzene rings is 3. The van der Waals surface area contributed by atoms with Crippen LogP contribution in [0.4, 0.5) is 11.4 Å². The van der Waals surface area contributed by atoms with Gasteiger partial charge in [-0.3, -0.25) is 9.59 Å². The number of anilines is 2. The topological polar surface area (TPSA) is 76.7 Å². The minimum Gasteiger partial charge on any atom is -0.492 e. The third-order valence-electron chi connectivity index (χ3n) is 4.25. The number of hydrogen-bond acceptors (Lipinski definition) is 4. The van der Waals surface area contributed by atoms with Crippen molar-refractivity contribution in [1.29, 1.82) is 0 Å². The minimum atomic E-state index is -0.692. The number of hydrogen-bond donors (Lipinski definition) is 2. The van der Waals surface area contributed by atoms with Crippen LogP contribution in [0.3, 0.4) is 0 Å². The van der Waals surface area contributed by atoms with Gasteiger partial charge >= 0.3 is 0 Å². The summed E-state index contributed by atoms with van der Waals surface area (Å²) < 4.78 is 11.2. The highest BCUT2D eigenvalue weighted by Crippen LogP contribution is 2.24. The van der Waals surface area contributed by atoms with Gasteiger partial charge in [0, 0.05) is 11.3 Å². The first-order chi connectivity index (χ1) is 14.6. The van der Waals surface area contributed by atoms with Gasteiger partial charge in [0.1, 0.15) is 11.5 Å². The second kappa shape index (κ2) is 10.1. The second-order valence-electron chi connectivity index (χ2n) is 6.53. The van der Waals surface area contributed by atoms with Crippen LogP contribution in [0.15, 0.2) is 78.9 Å². The molecule has 3 aromatic rings. The fraction of sp³-hybridized carbons (Fsp3) is 0.167. The van der Waals surface area contributed by atoms with Crippen LogP contribution in [0.5, 0.6) is 11.5 Å². The quantitative estimate of drug-likeness (QED) is 0.568. The van der Waals surface area contributed by atoms with Crippen LogP contribution >= 0.6 is 0 Å². The monoisotopic (exact) mass is 404 g/mol. The SMILES string of the molecule is CCOc1ccccc1NC(=O)c1cccc(NC(=O)[C@@H](C)Oc2ccccc2)c1. The van der Waals surface area contributed by atoms with Gasteiger partial charge in [-0.15, -0.1) is 0 Å². The molecule has 0 aromatic heterocycles. The van der Waals surface area contributed by atoms with Crippen LogP contribution in [0.1, 0.15) is 24.2 Å². The molecule has 0 aliphatic heterocycles. The summed E-state index contributed by atoms with van der Waals surface area (Å²) in [5, 5.41) is 5.63. The average molecular weight is 404 g/mol. The molecule has 154 valence electrons. The van der Waals surface area contributed by atoms with E-state index in [1.54, 1.807) is 55.5 Å². The highest BCUT2D eigenvalue weighted by Gasteiger charge is 2.16. The zero-order valence-corrected chi connectivity index (χ0v) is 16.9. The molecule has 2 N–H and O–H groups in total. The van der Waals surface area contributed by atoms with Gasteiger partial charge in [0.15, 0.2) is 6.10 Å². The largest absolute Gasteiger partial charge is 0.492 e. The van der Waals surface area contributed by atoms with Crippen LogP contribution in [0.2, 0.25) is 0 Å². The molecule has 0 radical (unpaired) electrons. The molecule has 0 heterocycles. The summed E-state index contributed by atoms with van der Waals surface area (Å²) >= 11 is 0. The average Bonchev–Trinajstić information content (AvgIpc) is 2.76. The van der Waals surface area contributed by atoms with Crippen LogP contribution in [0, 0.1) is 0 Å². The van der Waals surface area contributed by atoms with Gasteiger partial charge in [0.05, 0.1) is 12.3 Å². The van der Waals surface area contributed by atoms with Crippen molar-refractivity contribution in [2.45, 2.75) is 20.0 Å². The first-order valence-electron chi connectivity index (χ1n) is 9.72. The van der Waals surface area contributed by atoms with Crippen molar-refractivity contribution < 1.29 is 19.1 Å². The maximum absolute atomic E-state index is 12.7. The Kier molecular flexibility index (Phi) is 7.05. The van der Waals surface area contributed by atoms with Crippen molar-refractivity contribution in [2.24, 2.45) is 0 Å². The molecule has 0 unspecified atom stereocenters. The predicted octanol–water partition coefficient (Wildman–Crippen LogP) is 4.74.